The third-order valence-electron chi connectivity index (χ3n) is 3.65. The van der Waals surface area contributed by atoms with Crippen LogP contribution in [0.25, 0.3) is 0 Å². The number of nitrogens with two attached hydrogens (primary N) is 2. The van der Waals surface area contributed by atoms with Crippen LogP contribution >= 0.6 is 0 Å². The highest BCUT2D eigenvalue weighted by atomic mass is 16.1. The summed E-state index contributed by atoms with van der Waals surface area (Å²) in [6.45, 7) is 10.6. The van der Waals surface area contributed by atoms with Gasteiger partial charge in [-0.1, -0.05) is 52.0 Å². The summed E-state index contributed by atoms with van der Waals surface area (Å²) in [7, 11) is 0. The molecule has 19 heavy (non-hydrogen) atoms. The lowest BCUT2D eigenvalue weighted by Gasteiger charge is -2.22. The van der Waals surface area contributed by atoms with Gasteiger partial charge in [0.05, 0.1) is 0 Å². The van der Waals surface area contributed by atoms with Gasteiger partial charge in [-0.15, -0.1) is 0 Å². The first kappa shape index (κ1) is 15.7. The molecule has 0 heterocycles. The van der Waals surface area contributed by atoms with Gasteiger partial charge in [0, 0.05) is 11.5 Å². The van der Waals surface area contributed by atoms with E-state index in [0.717, 1.165) is 0 Å². The van der Waals surface area contributed by atoms with E-state index in [1.807, 2.05) is 6.92 Å². The molecule has 0 spiro atoms. The van der Waals surface area contributed by atoms with E-state index in [0.29, 0.717) is 11.8 Å². The predicted octanol–water partition coefficient (Wildman–Crippen LogP) is 1.94. The monoisotopic (exact) mass is 263 g/mol. The molecule has 0 radical (unpaired) electrons. The average molecular weight is 263 g/mol. The molecule has 4 N–H and O–H groups in total. The normalized spacial score (nSPS) is 14.7. The Morgan fingerprint density at radius 3 is 1.84 bits per heavy atom. The van der Waals surface area contributed by atoms with E-state index in [-0.39, 0.29) is 18.0 Å². The molecule has 1 rings (SSSR count). The number of carbonyl (C=O) groups is 1. The first-order chi connectivity index (χ1) is 8.82. The molecular weight excluding hydrogens is 236 g/mol. The van der Waals surface area contributed by atoms with Crippen molar-refractivity contribution in [2.45, 2.75) is 52.6 Å². The highest BCUT2D eigenvalue weighted by Gasteiger charge is 2.24. The lowest BCUT2D eigenvalue weighted by atomic mass is 9.93. The number of hydrogen-bond donors (Lipinski definition) is 2. The summed E-state index contributed by atoms with van der Waals surface area (Å²) in [5.41, 5.74) is 7.95. The van der Waals surface area contributed by atoms with Crippen molar-refractivity contribution >= 4 is 5.91 Å². The van der Waals surface area contributed by atoms with Gasteiger partial charge in [0.1, 0.15) is 6.04 Å². The van der Waals surface area contributed by atoms with Crippen molar-refractivity contribution in [2.24, 2.45) is 11.7 Å². The van der Waals surface area contributed by atoms with Crippen molar-refractivity contribution in [3.8, 4) is 0 Å². The second-order valence-electron chi connectivity index (χ2n) is 5.97. The van der Waals surface area contributed by atoms with Gasteiger partial charge < -0.3 is 11.1 Å². The predicted molar refractivity (Wildman–Crippen MR) is 78.7 cm³/mol. The molecule has 106 valence electrons. The van der Waals surface area contributed by atoms with Crippen molar-refractivity contribution in [2.75, 3.05) is 0 Å². The van der Waals surface area contributed by atoms with E-state index < -0.39 is 0 Å². The Labute approximate surface area is 116 Å². The maximum atomic E-state index is 11.2. The number of hydrogen-bond acceptors (Lipinski definition) is 1. The zero-order valence-corrected chi connectivity index (χ0v) is 12.7. The molecular formula is C16H27N2O+. The molecule has 0 bridgehead atoms. The van der Waals surface area contributed by atoms with Gasteiger partial charge in [0.15, 0.2) is 6.04 Å². The minimum atomic E-state index is -0.260. The Morgan fingerprint density at radius 2 is 1.47 bits per heavy atom. The second-order valence-corrected chi connectivity index (χ2v) is 5.97. The van der Waals surface area contributed by atoms with Gasteiger partial charge in [-0.2, -0.15) is 0 Å². The molecule has 0 aliphatic rings. The molecule has 1 aromatic carbocycles. The third kappa shape index (κ3) is 4.35. The molecule has 3 nitrogen and oxygen atoms in total. The lowest BCUT2D eigenvalue weighted by molar-refractivity contribution is -0.719. The first-order valence-corrected chi connectivity index (χ1v) is 7.07. The summed E-state index contributed by atoms with van der Waals surface area (Å²) >= 11 is 0. The molecule has 0 aliphatic carbocycles. The zero-order valence-electron chi connectivity index (χ0n) is 12.7. The second kappa shape index (κ2) is 6.71. The summed E-state index contributed by atoms with van der Waals surface area (Å²) in [5.74, 6) is 0.733. The minimum absolute atomic E-state index is 0.197. The van der Waals surface area contributed by atoms with Crippen LogP contribution in [0, 0.1) is 5.92 Å². The molecule has 0 saturated carbocycles. The van der Waals surface area contributed by atoms with Gasteiger partial charge in [0.25, 0.3) is 5.91 Å². The van der Waals surface area contributed by atoms with Gasteiger partial charge in [-0.25, -0.2) is 0 Å². The fraction of sp³-hybridized carbons (Fsp3) is 0.562. The van der Waals surface area contributed by atoms with E-state index in [1.54, 1.807) is 0 Å². The Balaban J connectivity index is 2.90. The topological polar surface area (TPSA) is 59.7 Å². The van der Waals surface area contributed by atoms with Crippen LogP contribution in [0.3, 0.4) is 0 Å². The van der Waals surface area contributed by atoms with E-state index >= 15 is 0 Å². The quantitative estimate of drug-likeness (QED) is 0.809. The number of carbonyl (C=O) groups excluding carboxylic acids is 1. The van der Waals surface area contributed by atoms with Crippen molar-refractivity contribution in [1.29, 1.82) is 0 Å². The molecule has 0 aromatic heterocycles. The molecule has 0 fully saturated rings. The summed E-state index contributed by atoms with van der Waals surface area (Å²) in [4.78, 5) is 11.2. The number of rotatable bonds is 6. The molecule has 1 amide bonds. The van der Waals surface area contributed by atoms with Crippen molar-refractivity contribution in [3.05, 3.63) is 35.4 Å². The Morgan fingerprint density at radius 1 is 1.00 bits per heavy atom. The molecule has 3 heteroatoms. The highest BCUT2D eigenvalue weighted by Crippen LogP contribution is 2.21. The largest absolute Gasteiger partial charge is 0.365 e. The van der Waals surface area contributed by atoms with Crippen molar-refractivity contribution in [3.63, 3.8) is 0 Å². The fourth-order valence-electron chi connectivity index (χ4n) is 2.23. The van der Waals surface area contributed by atoms with Crippen LogP contribution in [0.5, 0.6) is 0 Å². The molecule has 0 unspecified atom stereocenters. The molecule has 0 saturated heterocycles. The van der Waals surface area contributed by atoms with Gasteiger partial charge in [-0.3, -0.25) is 4.79 Å². The van der Waals surface area contributed by atoms with Crippen LogP contribution in [0.4, 0.5) is 0 Å². The zero-order chi connectivity index (χ0) is 14.6. The smallest absolute Gasteiger partial charge is 0.275 e. The number of benzene rings is 1. The van der Waals surface area contributed by atoms with Crippen LogP contribution in [-0.2, 0) is 4.79 Å². The first-order valence-electron chi connectivity index (χ1n) is 7.07. The maximum Gasteiger partial charge on any atom is 0.275 e. The SMILES string of the molecule is CC(C)c1ccc([C@@H]([NH2+][C@@H](C)C(N)=O)C(C)C)cc1. The summed E-state index contributed by atoms with van der Waals surface area (Å²) in [6, 6.07) is 8.77. The van der Waals surface area contributed by atoms with Crippen LogP contribution < -0.4 is 11.1 Å². The van der Waals surface area contributed by atoms with Crippen molar-refractivity contribution < 1.29 is 10.1 Å². The minimum Gasteiger partial charge on any atom is -0.365 e. The third-order valence-corrected chi connectivity index (χ3v) is 3.65. The van der Waals surface area contributed by atoms with E-state index in [9.17, 15) is 4.79 Å². The number of primary amides is 1. The maximum absolute atomic E-state index is 11.2. The molecule has 2 atom stereocenters. The van der Waals surface area contributed by atoms with Crippen LogP contribution in [0.1, 0.15) is 57.7 Å². The van der Waals surface area contributed by atoms with Crippen LogP contribution in [-0.4, -0.2) is 11.9 Å². The van der Waals surface area contributed by atoms with E-state index in [1.165, 1.54) is 11.1 Å². The fourth-order valence-corrected chi connectivity index (χ4v) is 2.23. The number of amides is 1. The Kier molecular flexibility index (Phi) is 5.55. The molecule has 0 aliphatic heterocycles. The van der Waals surface area contributed by atoms with Gasteiger partial charge in [0.2, 0.25) is 0 Å². The summed E-state index contributed by atoms with van der Waals surface area (Å²) in [5, 5.41) is 2.07. The van der Waals surface area contributed by atoms with E-state index in [4.69, 9.17) is 5.73 Å². The van der Waals surface area contributed by atoms with Crippen LogP contribution in [0.15, 0.2) is 24.3 Å². The van der Waals surface area contributed by atoms with Gasteiger partial charge >= 0.3 is 0 Å². The Bertz CT molecular complexity index is 409. The molecule has 1 aromatic rings. The highest BCUT2D eigenvalue weighted by molar-refractivity contribution is 5.77. The number of quaternary nitrogens is 1. The lowest BCUT2D eigenvalue weighted by Crippen LogP contribution is -2.93. The van der Waals surface area contributed by atoms with Crippen LogP contribution in [0.2, 0.25) is 0 Å². The Hall–Kier alpha value is -1.35. The van der Waals surface area contributed by atoms with Crippen molar-refractivity contribution in [1.82, 2.24) is 0 Å². The van der Waals surface area contributed by atoms with Gasteiger partial charge in [-0.05, 0) is 18.4 Å². The standard InChI is InChI=1S/C16H26N2O/c1-10(2)13-6-8-14(9-7-13)15(11(3)4)18-12(5)16(17)19/h6-12,15,18H,1-5H3,(H2,17,19)/p+1/t12-,15-/m0/s1. The summed E-state index contributed by atoms with van der Waals surface area (Å²) in [6.07, 6.45) is 0. The summed E-state index contributed by atoms with van der Waals surface area (Å²) < 4.78 is 0. The average Bonchev–Trinajstić information content (AvgIpc) is 2.35. The van der Waals surface area contributed by atoms with E-state index in [2.05, 4.69) is 57.3 Å².